The summed E-state index contributed by atoms with van der Waals surface area (Å²) in [6.45, 7) is 4.39. The summed E-state index contributed by atoms with van der Waals surface area (Å²) in [5, 5.41) is 8.60. The van der Waals surface area contributed by atoms with E-state index >= 15 is 0 Å². The lowest BCUT2D eigenvalue weighted by Crippen LogP contribution is -2.25. The molecule has 2 aliphatic rings. The van der Waals surface area contributed by atoms with E-state index in [2.05, 4.69) is 40.5 Å². The Morgan fingerprint density at radius 1 is 1.25 bits per heavy atom. The number of aryl methyl sites for hydroxylation is 1. The van der Waals surface area contributed by atoms with Gasteiger partial charge in [0.05, 0.1) is 6.04 Å². The second-order valence-electron chi connectivity index (χ2n) is 8.01. The molecule has 6 heteroatoms. The van der Waals surface area contributed by atoms with Gasteiger partial charge in [-0.2, -0.15) is 5.10 Å². The van der Waals surface area contributed by atoms with Crippen molar-refractivity contribution in [2.24, 2.45) is 0 Å². The Kier molecular flexibility index (Phi) is 4.43. The van der Waals surface area contributed by atoms with E-state index in [1.54, 1.807) is 12.3 Å². The maximum absolute atomic E-state index is 12.6. The number of hydrogen-bond donors (Lipinski definition) is 2. The van der Waals surface area contributed by atoms with Crippen LogP contribution < -0.4 is 5.32 Å². The van der Waals surface area contributed by atoms with Gasteiger partial charge in [-0.15, -0.1) is 0 Å². The standard InChI is InChI=1S/C22H26N4O2/c1-14-18-12-15(2-5-19(18)25-21(14)16-7-10-28-11-8-16)13-23-22(27)20-6-9-24-26(20)17-3-4-17/h2,5-6,9,12,16-17,25H,3-4,7-8,10-11,13H2,1H3,(H,23,27). The normalized spacial score (nSPS) is 17.9. The lowest BCUT2D eigenvalue weighted by atomic mass is 9.93. The Morgan fingerprint density at radius 3 is 2.86 bits per heavy atom. The molecule has 5 rings (SSSR count). The van der Waals surface area contributed by atoms with E-state index in [-0.39, 0.29) is 5.91 Å². The third-order valence-electron chi connectivity index (χ3n) is 6.04. The van der Waals surface area contributed by atoms with Gasteiger partial charge in [0, 0.05) is 48.5 Å². The number of aromatic amines is 1. The van der Waals surface area contributed by atoms with Gasteiger partial charge < -0.3 is 15.0 Å². The highest BCUT2D eigenvalue weighted by atomic mass is 16.5. The zero-order chi connectivity index (χ0) is 19.1. The first-order chi connectivity index (χ1) is 13.7. The molecule has 2 aromatic heterocycles. The molecule has 2 N–H and O–H groups in total. The number of carbonyl (C=O) groups is 1. The summed E-state index contributed by atoms with van der Waals surface area (Å²) in [7, 11) is 0. The van der Waals surface area contributed by atoms with Crippen LogP contribution in [-0.2, 0) is 11.3 Å². The molecule has 146 valence electrons. The van der Waals surface area contributed by atoms with Gasteiger partial charge in [-0.1, -0.05) is 6.07 Å². The van der Waals surface area contributed by atoms with Gasteiger partial charge in [0.2, 0.25) is 0 Å². The third kappa shape index (κ3) is 3.22. The number of H-pyrrole nitrogens is 1. The van der Waals surface area contributed by atoms with Crippen molar-refractivity contribution in [1.82, 2.24) is 20.1 Å². The fourth-order valence-electron chi connectivity index (χ4n) is 4.28. The molecule has 28 heavy (non-hydrogen) atoms. The summed E-state index contributed by atoms with van der Waals surface area (Å²) in [6.07, 6.45) is 6.08. The molecule has 0 atom stereocenters. The number of rotatable bonds is 5. The van der Waals surface area contributed by atoms with Crippen LogP contribution in [0.15, 0.2) is 30.5 Å². The minimum Gasteiger partial charge on any atom is -0.381 e. The molecule has 0 unspecified atom stereocenters. The van der Waals surface area contributed by atoms with Gasteiger partial charge in [-0.05, 0) is 61.9 Å². The average Bonchev–Trinajstić information content (AvgIpc) is 3.36. The van der Waals surface area contributed by atoms with Crippen molar-refractivity contribution >= 4 is 16.8 Å². The number of ether oxygens (including phenoxy) is 1. The van der Waals surface area contributed by atoms with E-state index in [0.717, 1.165) is 44.5 Å². The first-order valence-electron chi connectivity index (χ1n) is 10.2. The molecule has 1 amide bonds. The summed E-state index contributed by atoms with van der Waals surface area (Å²) in [6, 6.07) is 8.61. The molecule has 3 aromatic rings. The Balaban J connectivity index is 1.32. The van der Waals surface area contributed by atoms with E-state index < -0.39 is 0 Å². The Hall–Kier alpha value is -2.60. The van der Waals surface area contributed by atoms with E-state index in [4.69, 9.17) is 4.74 Å². The summed E-state index contributed by atoms with van der Waals surface area (Å²) < 4.78 is 7.36. The monoisotopic (exact) mass is 378 g/mol. The molecule has 2 fully saturated rings. The number of hydrogen-bond acceptors (Lipinski definition) is 3. The molecule has 0 radical (unpaired) electrons. The molecule has 1 aliphatic heterocycles. The third-order valence-corrected chi connectivity index (χ3v) is 6.04. The zero-order valence-electron chi connectivity index (χ0n) is 16.2. The van der Waals surface area contributed by atoms with Crippen molar-refractivity contribution in [1.29, 1.82) is 0 Å². The van der Waals surface area contributed by atoms with Crippen molar-refractivity contribution in [2.75, 3.05) is 13.2 Å². The predicted molar refractivity (Wildman–Crippen MR) is 107 cm³/mol. The Labute approximate surface area is 164 Å². The summed E-state index contributed by atoms with van der Waals surface area (Å²) >= 11 is 0. The van der Waals surface area contributed by atoms with Crippen LogP contribution in [0.2, 0.25) is 0 Å². The number of nitrogens with zero attached hydrogens (tertiary/aromatic N) is 2. The molecule has 3 heterocycles. The molecule has 1 saturated carbocycles. The highest BCUT2D eigenvalue weighted by Crippen LogP contribution is 2.35. The molecular weight excluding hydrogens is 352 g/mol. The number of aromatic nitrogens is 3. The fourth-order valence-corrected chi connectivity index (χ4v) is 4.28. The van der Waals surface area contributed by atoms with E-state index in [9.17, 15) is 4.79 Å². The van der Waals surface area contributed by atoms with E-state index in [1.807, 2.05) is 4.68 Å². The van der Waals surface area contributed by atoms with Crippen LogP contribution in [-0.4, -0.2) is 33.9 Å². The highest BCUT2D eigenvalue weighted by molar-refractivity contribution is 5.92. The number of carbonyl (C=O) groups excluding carboxylic acids is 1. The van der Waals surface area contributed by atoms with Gasteiger partial charge in [0.15, 0.2) is 0 Å². The van der Waals surface area contributed by atoms with Crippen LogP contribution in [0.1, 0.15) is 65.0 Å². The summed E-state index contributed by atoms with van der Waals surface area (Å²) in [4.78, 5) is 16.2. The second-order valence-corrected chi connectivity index (χ2v) is 8.01. The molecular formula is C22H26N4O2. The fraction of sp³-hybridized carbons (Fsp3) is 0.455. The number of fused-ring (bicyclic) bond motifs is 1. The first-order valence-corrected chi connectivity index (χ1v) is 10.2. The average molecular weight is 378 g/mol. The largest absolute Gasteiger partial charge is 0.381 e. The molecule has 1 aliphatic carbocycles. The number of benzene rings is 1. The van der Waals surface area contributed by atoms with E-state index in [1.165, 1.54) is 22.2 Å². The van der Waals surface area contributed by atoms with Crippen LogP contribution >= 0.6 is 0 Å². The lowest BCUT2D eigenvalue weighted by Gasteiger charge is -2.21. The van der Waals surface area contributed by atoms with Crippen molar-refractivity contribution in [3.8, 4) is 0 Å². The SMILES string of the molecule is Cc1c(C2CCOCC2)[nH]c2ccc(CNC(=O)c3ccnn3C3CC3)cc12. The van der Waals surface area contributed by atoms with Crippen molar-refractivity contribution < 1.29 is 9.53 Å². The maximum atomic E-state index is 12.6. The molecule has 1 saturated heterocycles. The molecule has 0 spiro atoms. The van der Waals surface area contributed by atoms with Crippen LogP contribution in [0, 0.1) is 6.92 Å². The smallest absolute Gasteiger partial charge is 0.269 e. The van der Waals surface area contributed by atoms with Gasteiger partial charge in [0.25, 0.3) is 5.91 Å². The van der Waals surface area contributed by atoms with Crippen molar-refractivity contribution in [3.05, 3.63) is 53.0 Å². The summed E-state index contributed by atoms with van der Waals surface area (Å²) in [5.41, 5.74) is 5.60. The van der Waals surface area contributed by atoms with Gasteiger partial charge in [-0.25, -0.2) is 0 Å². The second kappa shape index (κ2) is 7.09. The topological polar surface area (TPSA) is 71.9 Å². The summed E-state index contributed by atoms with van der Waals surface area (Å²) in [5.74, 6) is 0.491. The van der Waals surface area contributed by atoms with Crippen molar-refractivity contribution in [2.45, 2.75) is 51.1 Å². The van der Waals surface area contributed by atoms with Crippen LogP contribution in [0.5, 0.6) is 0 Å². The molecule has 0 bridgehead atoms. The minimum atomic E-state index is -0.0572. The Bertz CT molecular complexity index is 1010. The van der Waals surface area contributed by atoms with Crippen LogP contribution in [0.3, 0.4) is 0 Å². The Morgan fingerprint density at radius 2 is 2.07 bits per heavy atom. The van der Waals surface area contributed by atoms with E-state index in [0.29, 0.717) is 24.2 Å². The first kappa shape index (κ1) is 17.5. The molecule has 1 aromatic carbocycles. The lowest BCUT2D eigenvalue weighted by molar-refractivity contribution is 0.0845. The highest BCUT2D eigenvalue weighted by Gasteiger charge is 2.28. The van der Waals surface area contributed by atoms with Crippen molar-refractivity contribution in [3.63, 3.8) is 0 Å². The maximum Gasteiger partial charge on any atom is 0.269 e. The van der Waals surface area contributed by atoms with Crippen LogP contribution in [0.25, 0.3) is 10.9 Å². The minimum absolute atomic E-state index is 0.0572. The number of amides is 1. The van der Waals surface area contributed by atoms with Gasteiger partial charge >= 0.3 is 0 Å². The molecule has 6 nitrogen and oxygen atoms in total. The van der Waals surface area contributed by atoms with Gasteiger partial charge in [-0.3, -0.25) is 9.48 Å². The zero-order valence-corrected chi connectivity index (χ0v) is 16.2. The van der Waals surface area contributed by atoms with Crippen LogP contribution in [0.4, 0.5) is 0 Å². The number of nitrogens with one attached hydrogen (secondary N) is 2. The predicted octanol–water partition coefficient (Wildman–Crippen LogP) is 3.83. The van der Waals surface area contributed by atoms with Gasteiger partial charge in [0.1, 0.15) is 5.69 Å². The quantitative estimate of drug-likeness (QED) is 0.709.